The fourth-order valence-corrected chi connectivity index (χ4v) is 3.88. The van der Waals surface area contributed by atoms with E-state index in [0.29, 0.717) is 29.0 Å². The molecule has 4 N–H and O–H groups in total. The lowest BCUT2D eigenvalue weighted by molar-refractivity contribution is 0.104. The second-order valence-electron chi connectivity index (χ2n) is 7.80. The van der Waals surface area contributed by atoms with Crippen molar-refractivity contribution < 1.29 is 14.3 Å². The summed E-state index contributed by atoms with van der Waals surface area (Å²) in [5.41, 5.74) is 15.6. The molecule has 9 nitrogen and oxygen atoms in total. The van der Waals surface area contributed by atoms with Crippen molar-refractivity contribution in [2.24, 2.45) is 5.10 Å². The van der Waals surface area contributed by atoms with Crippen molar-refractivity contribution in [1.29, 1.82) is 0 Å². The molecule has 2 heterocycles. The lowest BCUT2D eigenvalue weighted by atomic mass is 9.99. The average Bonchev–Trinajstić information content (AvgIpc) is 2.84. The highest BCUT2D eigenvalue weighted by atomic mass is 16.5. The molecule has 0 saturated heterocycles. The van der Waals surface area contributed by atoms with Gasteiger partial charge in [-0.25, -0.2) is 4.98 Å². The van der Waals surface area contributed by atoms with E-state index in [1.807, 2.05) is 25.1 Å². The van der Waals surface area contributed by atoms with E-state index in [1.165, 1.54) is 20.3 Å². The second-order valence-corrected chi connectivity index (χ2v) is 7.80. The first-order valence-corrected chi connectivity index (χ1v) is 10.7. The number of carbonyl (C=O) groups is 1. The quantitative estimate of drug-likeness (QED) is 0.407. The number of fused-ring (bicyclic) bond motifs is 1. The minimum absolute atomic E-state index is 0.0125. The summed E-state index contributed by atoms with van der Waals surface area (Å²) < 4.78 is 11.0. The molecule has 9 heteroatoms. The van der Waals surface area contributed by atoms with Gasteiger partial charge in [0.05, 0.1) is 32.0 Å². The van der Waals surface area contributed by atoms with Crippen molar-refractivity contribution in [2.75, 3.05) is 25.7 Å². The first kappa shape index (κ1) is 22.8. The fraction of sp³-hybridized carbons (Fsp3) is 0.200. The summed E-state index contributed by atoms with van der Waals surface area (Å²) in [7, 11) is 3.02. The van der Waals surface area contributed by atoms with E-state index in [9.17, 15) is 4.79 Å². The molecule has 1 aromatic heterocycles. The van der Waals surface area contributed by atoms with E-state index in [0.717, 1.165) is 16.7 Å². The number of aromatic nitrogens is 2. The van der Waals surface area contributed by atoms with Crippen molar-refractivity contribution in [3.05, 3.63) is 82.7 Å². The summed E-state index contributed by atoms with van der Waals surface area (Å²) in [4.78, 5) is 21.2. The van der Waals surface area contributed by atoms with Crippen molar-refractivity contribution in [2.45, 2.75) is 19.4 Å². The summed E-state index contributed by atoms with van der Waals surface area (Å²) in [5, 5.41) is 6.21. The highest BCUT2D eigenvalue weighted by Crippen LogP contribution is 2.34. The summed E-state index contributed by atoms with van der Waals surface area (Å²) in [5.74, 6) is 0.923. The number of methoxy groups -OCH3 is 2. The van der Waals surface area contributed by atoms with Gasteiger partial charge in [0.25, 0.3) is 0 Å². The largest absolute Gasteiger partial charge is 0.493 e. The third-order valence-corrected chi connectivity index (χ3v) is 5.67. The molecule has 3 aromatic rings. The molecule has 0 radical (unpaired) electrons. The van der Waals surface area contributed by atoms with Crippen LogP contribution < -0.4 is 20.9 Å². The number of anilines is 2. The van der Waals surface area contributed by atoms with Gasteiger partial charge in [-0.3, -0.25) is 9.80 Å². The van der Waals surface area contributed by atoms with E-state index in [1.54, 1.807) is 35.8 Å². The van der Waals surface area contributed by atoms with Gasteiger partial charge in [-0.1, -0.05) is 24.3 Å². The molecular formula is C25H26N6O3. The number of nitrogens with two attached hydrogens (primary N) is 2. The number of carbonyl (C=O) groups excluding carboxylic acids is 1. The van der Waals surface area contributed by atoms with Crippen LogP contribution in [0, 0.1) is 0 Å². The van der Waals surface area contributed by atoms with Crippen LogP contribution in [0.2, 0.25) is 0 Å². The Morgan fingerprint density at radius 1 is 1.18 bits per heavy atom. The Balaban J connectivity index is 1.63. The van der Waals surface area contributed by atoms with Crippen LogP contribution in [0.1, 0.15) is 45.6 Å². The molecule has 2 aromatic carbocycles. The maximum Gasteiger partial charge on any atom is 0.221 e. The van der Waals surface area contributed by atoms with Crippen LogP contribution in [-0.2, 0) is 6.42 Å². The van der Waals surface area contributed by atoms with Gasteiger partial charge < -0.3 is 20.9 Å². The molecule has 1 atom stereocenters. The van der Waals surface area contributed by atoms with Crippen LogP contribution in [0.25, 0.3) is 0 Å². The van der Waals surface area contributed by atoms with E-state index in [2.05, 4.69) is 21.1 Å². The lowest BCUT2D eigenvalue weighted by Crippen LogP contribution is -2.21. The highest BCUT2D eigenvalue weighted by molar-refractivity contribution is 6.07. The molecule has 1 aliphatic heterocycles. The number of nitrogens with zero attached hydrogens (tertiary/aromatic N) is 4. The maximum atomic E-state index is 13.2. The summed E-state index contributed by atoms with van der Waals surface area (Å²) >= 11 is 0. The number of ether oxygens (including phenoxy) is 2. The predicted molar refractivity (Wildman–Crippen MR) is 131 cm³/mol. The topological polar surface area (TPSA) is 129 Å². The molecule has 0 bridgehead atoms. The van der Waals surface area contributed by atoms with Gasteiger partial charge in [0.2, 0.25) is 5.95 Å². The zero-order chi connectivity index (χ0) is 24.2. The van der Waals surface area contributed by atoms with Crippen molar-refractivity contribution in [1.82, 2.24) is 15.0 Å². The van der Waals surface area contributed by atoms with Crippen LogP contribution >= 0.6 is 0 Å². The Kier molecular flexibility index (Phi) is 6.44. The van der Waals surface area contributed by atoms with E-state index in [-0.39, 0.29) is 23.6 Å². The molecule has 174 valence electrons. The minimum Gasteiger partial charge on any atom is -0.493 e. The molecular weight excluding hydrogens is 432 g/mol. The molecule has 0 amide bonds. The van der Waals surface area contributed by atoms with Crippen LogP contribution in [0.5, 0.6) is 11.5 Å². The summed E-state index contributed by atoms with van der Waals surface area (Å²) in [6, 6.07) is 11.6. The van der Waals surface area contributed by atoms with Gasteiger partial charge in [0, 0.05) is 30.5 Å². The summed E-state index contributed by atoms with van der Waals surface area (Å²) in [6.45, 7) is 2.04. The first-order chi connectivity index (χ1) is 16.4. The van der Waals surface area contributed by atoms with Gasteiger partial charge >= 0.3 is 0 Å². The van der Waals surface area contributed by atoms with E-state index in [4.69, 9.17) is 20.9 Å². The van der Waals surface area contributed by atoms with Gasteiger partial charge in [-0.2, -0.15) is 10.1 Å². The number of nitrogen functional groups attached to an aromatic ring is 2. The molecule has 0 spiro atoms. The van der Waals surface area contributed by atoms with Crippen LogP contribution in [0.3, 0.4) is 0 Å². The van der Waals surface area contributed by atoms with Gasteiger partial charge in [0.1, 0.15) is 5.82 Å². The number of rotatable bonds is 7. The third kappa shape index (κ3) is 4.54. The van der Waals surface area contributed by atoms with Crippen molar-refractivity contribution >= 4 is 23.8 Å². The normalized spacial score (nSPS) is 14.8. The number of hydrazone groups is 1. The smallest absolute Gasteiger partial charge is 0.221 e. The maximum absolute atomic E-state index is 13.2. The van der Waals surface area contributed by atoms with E-state index >= 15 is 0 Å². The molecule has 0 fully saturated rings. The molecule has 34 heavy (non-hydrogen) atoms. The first-order valence-electron chi connectivity index (χ1n) is 10.7. The number of hydrogen-bond donors (Lipinski definition) is 2. The fourth-order valence-electron chi connectivity index (χ4n) is 3.88. The van der Waals surface area contributed by atoms with Gasteiger partial charge in [0.15, 0.2) is 17.3 Å². The zero-order valence-corrected chi connectivity index (χ0v) is 19.2. The van der Waals surface area contributed by atoms with Crippen molar-refractivity contribution in [3.8, 4) is 11.5 Å². The monoisotopic (exact) mass is 458 g/mol. The Labute approximate surface area is 197 Å². The Hall–Kier alpha value is -4.40. The van der Waals surface area contributed by atoms with E-state index < -0.39 is 0 Å². The third-order valence-electron chi connectivity index (χ3n) is 5.67. The Morgan fingerprint density at radius 3 is 2.71 bits per heavy atom. The zero-order valence-electron chi connectivity index (χ0n) is 19.2. The van der Waals surface area contributed by atoms with Crippen LogP contribution in [-0.4, -0.2) is 41.2 Å². The SMILES string of the molecule is COc1cc(Cc2cnc(N)nc2N)cc(C(=O)/C=C/N2N=Cc3ccccc3[C@H]2C)c1OC. The lowest BCUT2D eigenvalue weighted by Gasteiger charge is -2.27. The number of benzene rings is 2. The molecule has 4 rings (SSSR count). The minimum atomic E-state index is -0.250. The second kappa shape index (κ2) is 9.62. The number of ketones is 1. The van der Waals surface area contributed by atoms with Crippen LogP contribution in [0.15, 0.2) is 60.0 Å². The summed E-state index contributed by atoms with van der Waals surface area (Å²) in [6.07, 6.45) is 6.89. The number of hydrogen-bond acceptors (Lipinski definition) is 9. The average molecular weight is 459 g/mol. The molecule has 0 saturated carbocycles. The standard InChI is InChI=1S/C25H26N6O3/c1-15-19-7-5-4-6-17(19)14-29-31(15)9-8-21(32)20-11-16(12-22(33-2)23(20)34-3)10-18-13-28-25(27)30-24(18)26/h4-9,11-15H,10H2,1-3H3,(H4,26,27,28,30)/b9-8+/t15-/m1/s1. The van der Waals surface area contributed by atoms with Crippen LogP contribution in [0.4, 0.5) is 11.8 Å². The van der Waals surface area contributed by atoms with Gasteiger partial charge in [-0.05, 0) is 35.7 Å². The molecule has 1 aliphatic rings. The van der Waals surface area contributed by atoms with Crippen molar-refractivity contribution in [3.63, 3.8) is 0 Å². The number of allylic oxidation sites excluding steroid dienone is 1. The predicted octanol–water partition coefficient (Wildman–Crippen LogP) is 3.36. The van der Waals surface area contributed by atoms with Gasteiger partial charge in [-0.15, -0.1) is 0 Å². The Morgan fingerprint density at radius 2 is 1.97 bits per heavy atom. The molecule has 0 unspecified atom stereocenters. The highest BCUT2D eigenvalue weighted by Gasteiger charge is 2.21. The Bertz CT molecular complexity index is 1290. The molecule has 0 aliphatic carbocycles.